The molecule has 0 aliphatic heterocycles. The fraction of sp³-hybridized carbons (Fsp3) is 0.455. The molecule has 0 radical (unpaired) electrons. The predicted octanol–water partition coefficient (Wildman–Crippen LogP) is 2.14. The Balaban J connectivity index is 3.41. The van der Waals surface area contributed by atoms with E-state index in [1.54, 1.807) is 0 Å². The number of hydrogen-bond donors (Lipinski definition) is 1. The average Bonchev–Trinajstić information content (AvgIpc) is 2.12. The van der Waals surface area contributed by atoms with Gasteiger partial charge in [-0.1, -0.05) is 15.9 Å². The molecule has 0 unspecified atom stereocenters. The highest BCUT2D eigenvalue weighted by molar-refractivity contribution is 9.10. The molecule has 1 rings (SSSR count). The second kappa shape index (κ2) is 5.14. The lowest BCUT2D eigenvalue weighted by Gasteiger charge is -2.18. The summed E-state index contributed by atoms with van der Waals surface area (Å²) in [6.45, 7) is 2.73. The van der Waals surface area contributed by atoms with Gasteiger partial charge in [0.2, 0.25) is 0 Å². The number of benzene rings is 1. The van der Waals surface area contributed by atoms with Gasteiger partial charge in [-0.05, 0) is 26.0 Å². The maximum atomic E-state index is 13.6. The van der Waals surface area contributed by atoms with Crippen molar-refractivity contribution in [3.63, 3.8) is 0 Å². The minimum absolute atomic E-state index is 0.279. The van der Waals surface area contributed by atoms with E-state index in [1.165, 1.54) is 27.0 Å². The molecule has 1 aromatic carbocycles. The second-order valence-corrected chi connectivity index (χ2v) is 7.36. The average molecular weight is 341 g/mol. The Labute approximate surface area is 114 Å². The normalized spacial score (nSPS) is 12.6. The van der Waals surface area contributed by atoms with Gasteiger partial charge in [0.1, 0.15) is 4.90 Å². The van der Waals surface area contributed by atoms with Crippen LogP contribution in [0.25, 0.3) is 0 Å². The van der Waals surface area contributed by atoms with Gasteiger partial charge in [0.05, 0.1) is 18.5 Å². The van der Waals surface area contributed by atoms with Gasteiger partial charge in [-0.3, -0.25) is 0 Å². The molecule has 0 spiro atoms. The Morgan fingerprint density at radius 1 is 1.44 bits per heavy atom. The van der Waals surface area contributed by atoms with Crippen LogP contribution in [0.15, 0.2) is 21.5 Å². The van der Waals surface area contributed by atoms with Gasteiger partial charge in [0, 0.05) is 4.47 Å². The summed E-state index contributed by atoms with van der Waals surface area (Å²) >= 11 is 3.03. The highest BCUT2D eigenvalue weighted by atomic mass is 79.9. The fourth-order valence-electron chi connectivity index (χ4n) is 1.51. The molecule has 102 valence electrons. The topological polar surface area (TPSA) is 63.6 Å². The van der Waals surface area contributed by atoms with Crippen molar-refractivity contribution in [3.8, 4) is 5.75 Å². The van der Waals surface area contributed by atoms with Crippen LogP contribution in [0.5, 0.6) is 5.75 Å². The van der Waals surface area contributed by atoms with Crippen molar-refractivity contribution < 1.29 is 22.7 Å². The van der Waals surface area contributed by atoms with E-state index in [-0.39, 0.29) is 15.1 Å². The van der Waals surface area contributed by atoms with Crippen molar-refractivity contribution in [2.24, 2.45) is 0 Å². The third kappa shape index (κ3) is 3.66. The van der Waals surface area contributed by atoms with Crippen LogP contribution in [0.3, 0.4) is 0 Å². The zero-order valence-corrected chi connectivity index (χ0v) is 12.6. The molecule has 0 amide bonds. The molecule has 0 aliphatic carbocycles. The number of hydrogen-bond acceptors (Lipinski definition) is 4. The Morgan fingerprint density at radius 3 is 2.44 bits per heavy atom. The van der Waals surface area contributed by atoms with Crippen molar-refractivity contribution in [2.45, 2.75) is 24.3 Å². The van der Waals surface area contributed by atoms with Crippen LogP contribution in [0.1, 0.15) is 13.8 Å². The quantitative estimate of drug-likeness (QED) is 0.911. The van der Waals surface area contributed by atoms with Gasteiger partial charge in [-0.2, -0.15) is 0 Å². The highest BCUT2D eigenvalue weighted by Crippen LogP contribution is 2.32. The SMILES string of the molecule is COc1c(F)cc(Br)cc1S(=O)(=O)CC(C)(C)O. The molecule has 0 atom stereocenters. The summed E-state index contributed by atoms with van der Waals surface area (Å²) in [5, 5.41) is 9.59. The molecular formula is C11H14BrFO4S. The summed E-state index contributed by atoms with van der Waals surface area (Å²) in [4.78, 5) is -0.279. The van der Waals surface area contributed by atoms with Crippen LogP contribution < -0.4 is 4.74 Å². The van der Waals surface area contributed by atoms with Crippen LogP contribution in [0.4, 0.5) is 4.39 Å². The lowest BCUT2D eigenvalue weighted by atomic mass is 10.2. The van der Waals surface area contributed by atoms with Crippen LogP contribution in [-0.2, 0) is 9.84 Å². The van der Waals surface area contributed by atoms with Crippen molar-refractivity contribution in [1.82, 2.24) is 0 Å². The Hall–Kier alpha value is -0.660. The molecule has 1 N–H and O–H groups in total. The first-order valence-electron chi connectivity index (χ1n) is 5.05. The zero-order valence-electron chi connectivity index (χ0n) is 10.2. The highest BCUT2D eigenvalue weighted by Gasteiger charge is 2.29. The maximum absolute atomic E-state index is 13.6. The van der Waals surface area contributed by atoms with Crippen molar-refractivity contribution in [1.29, 1.82) is 0 Å². The summed E-state index contributed by atoms with van der Waals surface area (Å²) in [7, 11) is -2.66. The molecule has 0 saturated carbocycles. The van der Waals surface area contributed by atoms with Gasteiger partial charge < -0.3 is 9.84 Å². The lowest BCUT2D eigenvalue weighted by Crippen LogP contribution is -2.30. The molecule has 0 fully saturated rings. The van der Waals surface area contributed by atoms with Crippen molar-refractivity contribution in [2.75, 3.05) is 12.9 Å². The number of ether oxygens (including phenoxy) is 1. The smallest absolute Gasteiger partial charge is 0.184 e. The third-order valence-electron chi connectivity index (χ3n) is 2.06. The van der Waals surface area contributed by atoms with E-state index in [0.717, 1.165) is 6.07 Å². The van der Waals surface area contributed by atoms with E-state index in [1.807, 2.05) is 0 Å². The number of halogens is 2. The summed E-state index contributed by atoms with van der Waals surface area (Å²) < 4.78 is 42.9. The molecule has 0 bridgehead atoms. The van der Waals surface area contributed by atoms with Crippen LogP contribution in [0.2, 0.25) is 0 Å². The van der Waals surface area contributed by atoms with E-state index >= 15 is 0 Å². The third-order valence-corrected chi connectivity index (χ3v) is 4.57. The minimum atomic E-state index is -3.85. The van der Waals surface area contributed by atoms with Gasteiger partial charge in [-0.25, -0.2) is 12.8 Å². The first-order chi connectivity index (χ1) is 8.07. The Bertz CT molecular complexity index is 549. The standard InChI is InChI=1S/C11H14BrFO4S/c1-11(2,14)6-18(15,16)9-5-7(12)4-8(13)10(9)17-3/h4-5,14H,6H2,1-3H3. The van der Waals surface area contributed by atoms with Gasteiger partial charge >= 0.3 is 0 Å². The van der Waals surface area contributed by atoms with Crippen LogP contribution >= 0.6 is 15.9 Å². The molecule has 7 heteroatoms. The minimum Gasteiger partial charge on any atom is -0.492 e. The Kier molecular flexibility index (Phi) is 4.40. The number of sulfone groups is 1. The molecule has 18 heavy (non-hydrogen) atoms. The summed E-state index contributed by atoms with van der Waals surface area (Å²) in [6, 6.07) is 2.37. The summed E-state index contributed by atoms with van der Waals surface area (Å²) in [6.07, 6.45) is 0. The fourth-order valence-corrected chi connectivity index (χ4v) is 3.95. The number of rotatable bonds is 4. The number of methoxy groups -OCH3 is 1. The van der Waals surface area contributed by atoms with E-state index < -0.39 is 27.0 Å². The maximum Gasteiger partial charge on any atom is 0.184 e. The first kappa shape index (κ1) is 15.4. The van der Waals surface area contributed by atoms with E-state index in [0.29, 0.717) is 0 Å². The second-order valence-electron chi connectivity index (χ2n) is 4.49. The van der Waals surface area contributed by atoms with E-state index in [2.05, 4.69) is 15.9 Å². The number of aliphatic hydroxyl groups is 1. The van der Waals surface area contributed by atoms with E-state index in [9.17, 15) is 17.9 Å². The summed E-state index contributed by atoms with van der Waals surface area (Å²) in [5.41, 5.74) is -1.41. The van der Waals surface area contributed by atoms with Gasteiger partial charge in [0.25, 0.3) is 0 Å². The molecule has 0 aliphatic rings. The van der Waals surface area contributed by atoms with Crippen LogP contribution in [-0.4, -0.2) is 32.0 Å². The molecule has 0 aromatic heterocycles. The predicted molar refractivity (Wildman–Crippen MR) is 69.0 cm³/mol. The van der Waals surface area contributed by atoms with Crippen LogP contribution in [0, 0.1) is 5.82 Å². The van der Waals surface area contributed by atoms with Crippen molar-refractivity contribution in [3.05, 3.63) is 22.4 Å². The van der Waals surface area contributed by atoms with Gasteiger partial charge in [0.15, 0.2) is 21.4 Å². The molecule has 0 heterocycles. The van der Waals surface area contributed by atoms with Gasteiger partial charge in [-0.15, -0.1) is 0 Å². The zero-order chi connectivity index (χ0) is 14.1. The molecule has 1 aromatic rings. The van der Waals surface area contributed by atoms with E-state index in [4.69, 9.17) is 4.74 Å². The largest absolute Gasteiger partial charge is 0.492 e. The monoisotopic (exact) mass is 340 g/mol. The van der Waals surface area contributed by atoms with Crippen molar-refractivity contribution >= 4 is 25.8 Å². The molecular weight excluding hydrogens is 327 g/mol. The summed E-state index contributed by atoms with van der Waals surface area (Å²) in [5.74, 6) is -1.64. The molecule has 0 saturated heterocycles. The molecule has 4 nitrogen and oxygen atoms in total. The Morgan fingerprint density at radius 2 is 2.00 bits per heavy atom. The lowest BCUT2D eigenvalue weighted by molar-refractivity contribution is 0.105. The first-order valence-corrected chi connectivity index (χ1v) is 7.49.